The van der Waals surface area contributed by atoms with Crippen LogP contribution in [0.15, 0.2) is 48.8 Å². The molecule has 0 saturated carbocycles. The standard InChI is InChI=1S/C18H18N2O3/c21-17(9-12-23-18(22)15-6-3-10-19-13-15)20-11-4-7-14-5-1-2-8-16(14)20/h1-3,5-6,8,10,13H,4,7,9,11-12H2. The van der Waals surface area contributed by atoms with Crippen LogP contribution in [-0.2, 0) is 16.0 Å². The summed E-state index contributed by atoms with van der Waals surface area (Å²) in [4.78, 5) is 29.9. The van der Waals surface area contributed by atoms with E-state index in [0.29, 0.717) is 12.1 Å². The van der Waals surface area contributed by atoms with Crippen molar-refractivity contribution < 1.29 is 14.3 Å². The van der Waals surface area contributed by atoms with E-state index in [-0.39, 0.29) is 18.9 Å². The second-order valence-corrected chi connectivity index (χ2v) is 5.41. The second-order valence-electron chi connectivity index (χ2n) is 5.41. The maximum atomic E-state index is 12.4. The van der Waals surface area contributed by atoms with Crippen molar-refractivity contribution in [2.75, 3.05) is 18.1 Å². The molecule has 118 valence electrons. The van der Waals surface area contributed by atoms with Crippen molar-refractivity contribution in [3.05, 3.63) is 59.9 Å². The van der Waals surface area contributed by atoms with E-state index in [0.717, 1.165) is 18.5 Å². The average Bonchev–Trinajstić information content (AvgIpc) is 2.61. The van der Waals surface area contributed by atoms with Crippen molar-refractivity contribution >= 4 is 17.6 Å². The molecule has 0 aliphatic carbocycles. The molecule has 0 fully saturated rings. The van der Waals surface area contributed by atoms with E-state index < -0.39 is 5.97 Å². The molecule has 0 N–H and O–H groups in total. The fraction of sp³-hybridized carbons (Fsp3) is 0.278. The van der Waals surface area contributed by atoms with Crippen LogP contribution >= 0.6 is 0 Å². The van der Waals surface area contributed by atoms with Crippen LogP contribution in [0.4, 0.5) is 5.69 Å². The number of rotatable bonds is 4. The van der Waals surface area contributed by atoms with Crippen LogP contribution in [0.3, 0.4) is 0 Å². The van der Waals surface area contributed by atoms with Crippen molar-refractivity contribution in [2.45, 2.75) is 19.3 Å². The van der Waals surface area contributed by atoms with E-state index in [1.54, 1.807) is 23.2 Å². The molecule has 23 heavy (non-hydrogen) atoms. The lowest BCUT2D eigenvalue weighted by molar-refractivity contribution is -0.119. The Bertz CT molecular complexity index is 700. The first kappa shape index (κ1) is 15.2. The Kier molecular flexibility index (Phi) is 4.66. The summed E-state index contributed by atoms with van der Waals surface area (Å²) in [6.07, 6.45) is 5.17. The molecular formula is C18H18N2O3. The number of aromatic nitrogens is 1. The third kappa shape index (κ3) is 3.56. The Morgan fingerprint density at radius 3 is 2.87 bits per heavy atom. The summed E-state index contributed by atoms with van der Waals surface area (Å²) in [5, 5.41) is 0. The van der Waals surface area contributed by atoms with Gasteiger partial charge in [0.05, 0.1) is 12.0 Å². The van der Waals surface area contributed by atoms with E-state index in [4.69, 9.17) is 4.74 Å². The van der Waals surface area contributed by atoms with E-state index in [2.05, 4.69) is 11.1 Å². The van der Waals surface area contributed by atoms with Crippen LogP contribution < -0.4 is 4.90 Å². The number of carbonyl (C=O) groups excluding carboxylic acids is 2. The molecule has 1 aliphatic rings. The molecule has 2 aromatic rings. The zero-order chi connectivity index (χ0) is 16.1. The van der Waals surface area contributed by atoms with E-state index in [1.165, 1.54) is 11.8 Å². The van der Waals surface area contributed by atoms with Gasteiger partial charge in [0, 0.05) is 24.6 Å². The molecule has 3 rings (SSSR count). The van der Waals surface area contributed by atoms with Gasteiger partial charge in [-0.2, -0.15) is 0 Å². The molecule has 5 heteroatoms. The lowest BCUT2D eigenvalue weighted by Gasteiger charge is -2.29. The van der Waals surface area contributed by atoms with Gasteiger partial charge in [-0.1, -0.05) is 18.2 Å². The molecule has 0 saturated heterocycles. The van der Waals surface area contributed by atoms with Gasteiger partial charge in [-0.15, -0.1) is 0 Å². The number of pyridine rings is 1. The molecule has 5 nitrogen and oxygen atoms in total. The van der Waals surface area contributed by atoms with Crippen LogP contribution in [0.5, 0.6) is 0 Å². The molecule has 0 radical (unpaired) electrons. The van der Waals surface area contributed by atoms with Crippen molar-refractivity contribution in [3.63, 3.8) is 0 Å². The number of esters is 1. The van der Waals surface area contributed by atoms with Gasteiger partial charge in [-0.3, -0.25) is 9.78 Å². The zero-order valence-electron chi connectivity index (χ0n) is 12.8. The zero-order valence-corrected chi connectivity index (χ0v) is 12.8. The third-order valence-corrected chi connectivity index (χ3v) is 3.86. The van der Waals surface area contributed by atoms with Crippen molar-refractivity contribution in [3.8, 4) is 0 Å². The summed E-state index contributed by atoms with van der Waals surface area (Å²) in [5.74, 6) is -0.471. The smallest absolute Gasteiger partial charge is 0.339 e. The summed E-state index contributed by atoms with van der Waals surface area (Å²) in [5.41, 5.74) is 2.56. The summed E-state index contributed by atoms with van der Waals surface area (Å²) >= 11 is 0. The highest BCUT2D eigenvalue weighted by atomic mass is 16.5. The third-order valence-electron chi connectivity index (χ3n) is 3.86. The number of anilines is 1. The number of fused-ring (bicyclic) bond motifs is 1. The molecule has 0 bridgehead atoms. The normalized spacial score (nSPS) is 13.3. The Morgan fingerprint density at radius 1 is 1.17 bits per heavy atom. The molecule has 1 aliphatic heterocycles. The fourth-order valence-electron chi connectivity index (χ4n) is 2.73. The largest absolute Gasteiger partial charge is 0.462 e. The number of carbonyl (C=O) groups is 2. The fourth-order valence-corrected chi connectivity index (χ4v) is 2.73. The minimum atomic E-state index is -0.454. The molecule has 0 spiro atoms. The number of hydrogen-bond donors (Lipinski definition) is 0. The maximum Gasteiger partial charge on any atom is 0.339 e. The lowest BCUT2D eigenvalue weighted by Crippen LogP contribution is -2.36. The highest BCUT2D eigenvalue weighted by Gasteiger charge is 2.22. The summed E-state index contributed by atoms with van der Waals surface area (Å²) in [6, 6.07) is 11.3. The maximum absolute atomic E-state index is 12.4. The molecule has 0 atom stereocenters. The number of ether oxygens (including phenoxy) is 1. The van der Waals surface area contributed by atoms with Crippen LogP contribution in [0.2, 0.25) is 0 Å². The number of aryl methyl sites for hydroxylation is 1. The van der Waals surface area contributed by atoms with Gasteiger partial charge in [0.15, 0.2) is 0 Å². The highest BCUT2D eigenvalue weighted by Crippen LogP contribution is 2.27. The molecule has 1 aromatic heterocycles. The van der Waals surface area contributed by atoms with Crippen molar-refractivity contribution in [2.24, 2.45) is 0 Å². The van der Waals surface area contributed by atoms with Gasteiger partial charge < -0.3 is 9.64 Å². The van der Waals surface area contributed by atoms with Gasteiger partial charge in [0.2, 0.25) is 5.91 Å². The first-order chi connectivity index (χ1) is 11.3. The SMILES string of the molecule is O=C(OCCC(=O)N1CCCc2ccccc21)c1cccnc1. The van der Waals surface area contributed by atoms with E-state index in [1.807, 2.05) is 18.2 Å². The average molecular weight is 310 g/mol. The minimum absolute atomic E-state index is 0.0175. The molecule has 1 aromatic carbocycles. The van der Waals surface area contributed by atoms with Gasteiger partial charge in [0.25, 0.3) is 0 Å². The van der Waals surface area contributed by atoms with E-state index >= 15 is 0 Å². The number of amides is 1. The first-order valence-electron chi connectivity index (χ1n) is 7.71. The monoisotopic (exact) mass is 310 g/mol. The molecule has 1 amide bonds. The Hall–Kier alpha value is -2.69. The van der Waals surface area contributed by atoms with Crippen molar-refractivity contribution in [1.29, 1.82) is 0 Å². The van der Waals surface area contributed by atoms with Crippen LogP contribution in [-0.4, -0.2) is 30.0 Å². The quantitative estimate of drug-likeness (QED) is 0.815. The predicted molar refractivity (Wildman–Crippen MR) is 86.3 cm³/mol. The summed E-state index contributed by atoms with van der Waals surface area (Å²) < 4.78 is 5.15. The van der Waals surface area contributed by atoms with Crippen molar-refractivity contribution in [1.82, 2.24) is 4.98 Å². The lowest BCUT2D eigenvalue weighted by atomic mass is 10.0. The number of para-hydroxylation sites is 1. The number of benzene rings is 1. The highest BCUT2D eigenvalue weighted by molar-refractivity contribution is 5.95. The minimum Gasteiger partial charge on any atom is -0.462 e. The summed E-state index contributed by atoms with van der Waals surface area (Å²) in [6.45, 7) is 0.789. The Labute approximate surface area is 134 Å². The van der Waals surface area contributed by atoms with Crippen LogP contribution in [0.25, 0.3) is 0 Å². The van der Waals surface area contributed by atoms with Crippen LogP contribution in [0.1, 0.15) is 28.8 Å². The number of hydrogen-bond acceptors (Lipinski definition) is 4. The Balaban J connectivity index is 1.55. The van der Waals surface area contributed by atoms with Gasteiger partial charge in [-0.25, -0.2) is 4.79 Å². The van der Waals surface area contributed by atoms with Gasteiger partial charge in [0.1, 0.15) is 6.61 Å². The van der Waals surface area contributed by atoms with Gasteiger partial charge >= 0.3 is 5.97 Å². The Morgan fingerprint density at radius 2 is 2.04 bits per heavy atom. The topological polar surface area (TPSA) is 59.5 Å². The summed E-state index contributed by atoms with van der Waals surface area (Å²) in [7, 11) is 0. The molecule has 0 unspecified atom stereocenters. The van der Waals surface area contributed by atoms with Gasteiger partial charge in [-0.05, 0) is 36.6 Å². The molecular weight excluding hydrogens is 292 g/mol. The predicted octanol–water partition coefficient (Wildman–Crippen LogP) is 2.61. The van der Waals surface area contributed by atoms with Crippen LogP contribution in [0, 0.1) is 0 Å². The second kappa shape index (κ2) is 7.05. The van der Waals surface area contributed by atoms with E-state index in [9.17, 15) is 9.59 Å². The molecule has 2 heterocycles. The number of nitrogens with zero attached hydrogens (tertiary/aromatic N) is 2. The first-order valence-corrected chi connectivity index (χ1v) is 7.71.